The van der Waals surface area contributed by atoms with E-state index in [-0.39, 0.29) is 32.7 Å². The molecule has 0 bridgehead atoms. The zero-order valence-corrected chi connectivity index (χ0v) is 15.6. The average molecular weight is 380 g/mol. The van der Waals surface area contributed by atoms with Crippen LogP contribution in [-0.4, -0.2) is 43.0 Å². The summed E-state index contributed by atoms with van der Waals surface area (Å²) in [5, 5.41) is 11.1. The zero-order chi connectivity index (χ0) is 20.3. The standard InChI is InChI=1S/C17H18O8.C2H6/c1-12(19)24-10-17(21,9-22-11-18)6-7-23-14-4-2-13-3-5-16(20)25-15(13)8-14;1-2/h2-5,8,11,21H,6-7,9-10H2,1H3;1-2H3. The Balaban J connectivity index is 0.00000176. The van der Waals surface area contributed by atoms with Crippen LogP contribution in [0.5, 0.6) is 5.75 Å². The van der Waals surface area contributed by atoms with E-state index in [4.69, 9.17) is 13.9 Å². The minimum Gasteiger partial charge on any atom is -0.493 e. The lowest BCUT2D eigenvalue weighted by atomic mass is 10.0. The number of aliphatic hydroxyl groups is 1. The fourth-order valence-electron chi connectivity index (χ4n) is 2.10. The summed E-state index contributed by atoms with van der Waals surface area (Å²) in [5.74, 6) is -0.122. The molecule has 148 valence electrons. The van der Waals surface area contributed by atoms with E-state index in [0.29, 0.717) is 11.3 Å². The number of ether oxygens (including phenoxy) is 3. The molecule has 1 atom stereocenters. The van der Waals surface area contributed by atoms with E-state index in [1.165, 1.54) is 13.0 Å². The van der Waals surface area contributed by atoms with Gasteiger partial charge in [0.25, 0.3) is 6.47 Å². The highest BCUT2D eigenvalue weighted by Gasteiger charge is 2.30. The zero-order valence-electron chi connectivity index (χ0n) is 15.6. The lowest BCUT2D eigenvalue weighted by Crippen LogP contribution is -2.41. The first-order chi connectivity index (χ1) is 12.9. The van der Waals surface area contributed by atoms with Gasteiger partial charge >= 0.3 is 11.6 Å². The summed E-state index contributed by atoms with van der Waals surface area (Å²) in [4.78, 5) is 32.5. The van der Waals surface area contributed by atoms with Gasteiger partial charge in [0.15, 0.2) is 0 Å². The molecular weight excluding hydrogens is 356 g/mol. The first-order valence-corrected chi connectivity index (χ1v) is 8.50. The number of hydrogen-bond donors (Lipinski definition) is 1. The summed E-state index contributed by atoms with van der Waals surface area (Å²) in [7, 11) is 0. The van der Waals surface area contributed by atoms with Gasteiger partial charge in [-0.2, -0.15) is 0 Å². The maximum atomic E-state index is 11.2. The van der Waals surface area contributed by atoms with Crippen LogP contribution in [0.1, 0.15) is 27.2 Å². The van der Waals surface area contributed by atoms with Crippen molar-refractivity contribution in [3.05, 3.63) is 40.8 Å². The summed E-state index contributed by atoms with van der Waals surface area (Å²) < 4.78 is 20.0. The van der Waals surface area contributed by atoms with E-state index in [1.54, 1.807) is 24.3 Å². The molecule has 0 amide bonds. The van der Waals surface area contributed by atoms with E-state index in [1.807, 2.05) is 13.8 Å². The van der Waals surface area contributed by atoms with Crippen molar-refractivity contribution in [2.75, 3.05) is 19.8 Å². The Morgan fingerprint density at radius 3 is 2.59 bits per heavy atom. The highest BCUT2D eigenvalue weighted by Crippen LogP contribution is 2.20. The SMILES string of the molecule is CC.CC(=O)OCC(O)(CCOc1ccc2ccc(=O)oc2c1)COC=O. The molecule has 1 heterocycles. The Morgan fingerprint density at radius 2 is 1.93 bits per heavy atom. The van der Waals surface area contributed by atoms with E-state index < -0.39 is 17.2 Å². The second-order valence-electron chi connectivity index (χ2n) is 5.46. The summed E-state index contributed by atoms with van der Waals surface area (Å²) in [6.07, 6.45) is 0.0465. The molecule has 1 aromatic carbocycles. The smallest absolute Gasteiger partial charge is 0.336 e. The maximum Gasteiger partial charge on any atom is 0.336 e. The molecule has 0 radical (unpaired) electrons. The quantitative estimate of drug-likeness (QED) is 0.400. The predicted octanol–water partition coefficient (Wildman–Crippen LogP) is 2.06. The second-order valence-corrected chi connectivity index (χ2v) is 5.46. The van der Waals surface area contributed by atoms with Gasteiger partial charge in [-0.3, -0.25) is 9.59 Å². The van der Waals surface area contributed by atoms with E-state index in [9.17, 15) is 19.5 Å². The van der Waals surface area contributed by atoms with E-state index >= 15 is 0 Å². The maximum absolute atomic E-state index is 11.2. The van der Waals surface area contributed by atoms with Crippen LogP contribution in [0.25, 0.3) is 11.0 Å². The van der Waals surface area contributed by atoms with Crippen molar-refractivity contribution in [1.29, 1.82) is 0 Å². The third kappa shape index (κ3) is 7.49. The highest BCUT2D eigenvalue weighted by atomic mass is 16.6. The van der Waals surface area contributed by atoms with Gasteiger partial charge in [0, 0.05) is 30.9 Å². The Bertz CT molecular complexity index is 798. The molecule has 8 heteroatoms. The summed E-state index contributed by atoms with van der Waals surface area (Å²) in [6, 6.07) is 7.94. The number of fused-ring (bicyclic) bond motifs is 1. The number of esters is 1. The van der Waals surface area contributed by atoms with Crippen molar-refractivity contribution in [2.45, 2.75) is 32.8 Å². The van der Waals surface area contributed by atoms with Crippen molar-refractivity contribution in [3.8, 4) is 5.75 Å². The molecule has 2 aromatic rings. The van der Waals surface area contributed by atoms with Crippen molar-refractivity contribution in [1.82, 2.24) is 0 Å². The Labute approximate surface area is 156 Å². The minimum atomic E-state index is -1.56. The molecule has 27 heavy (non-hydrogen) atoms. The molecule has 0 spiro atoms. The van der Waals surface area contributed by atoms with Crippen molar-refractivity contribution >= 4 is 23.4 Å². The van der Waals surface area contributed by atoms with Crippen LogP contribution >= 0.6 is 0 Å². The molecule has 0 saturated carbocycles. The predicted molar refractivity (Wildman–Crippen MR) is 97.5 cm³/mol. The molecule has 8 nitrogen and oxygen atoms in total. The topological polar surface area (TPSA) is 112 Å². The monoisotopic (exact) mass is 380 g/mol. The molecule has 0 saturated heterocycles. The van der Waals surface area contributed by atoms with Gasteiger partial charge in [-0.25, -0.2) is 4.79 Å². The van der Waals surface area contributed by atoms with Crippen LogP contribution in [0.4, 0.5) is 0 Å². The van der Waals surface area contributed by atoms with Gasteiger partial charge in [0.2, 0.25) is 0 Å². The van der Waals surface area contributed by atoms with Crippen LogP contribution in [0, 0.1) is 0 Å². The van der Waals surface area contributed by atoms with Gasteiger partial charge in [-0.05, 0) is 18.2 Å². The van der Waals surface area contributed by atoms with Crippen LogP contribution in [0.15, 0.2) is 39.5 Å². The average Bonchev–Trinajstić information content (AvgIpc) is 2.66. The Morgan fingerprint density at radius 1 is 1.22 bits per heavy atom. The molecule has 1 N–H and O–H groups in total. The first kappa shape index (κ1) is 22.2. The first-order valence-electron chi connectivity index (χ1n) is 8.50. The number of carbonyl (C=O) groups is 2. The largest absolute Gasteiger partial charge is 0.493 e. The summed E-state index contributed by atoms with van der Waals surface area (Å²) in [5.41, 5.74) is -1.65. The molecule has 0 aliphatic carbocycles. The minimum absolute atomic E-state index is 0.0465. The molecule has 0 aliphatic rings. The number of carbonyl (C=O) groups excluding carboxylic acids is 2. The summed E-state index contributed by atoms with van der Waals surface area (Å²) in [6.45, 7) is 4.81. The summed E-state index contributed by atoms with van der Waals surface area (Å²) >= 11 is 0. The lowest BCUT2D eigenvalue weighted by molar-refractivity contribution is -0.157. The van der Waals surface area contributed by atoms with Gasteiger partial charge < -0.3 is 23.7 Å². The van der Waals surface area contributed by atoms with Gasteiger partial charge in [-0.15, -0.1) is 0 Å². The normalized spacial score (nSPS) is 12.3. The second kappa shape index (κ2) is 11.0. The number of hydrogen-bond acceptors (Lipinski definition) is 8. The molecule has 1 aromatic heterocycles. The molecule has 1 unspecified atom stereocenters. The van der Waals surface area contributed by atoms with Crippen LogP contribution < -0.4 is 10.4 Å². The third-order valence-electron chi connectivity index (χ3n) is 3.39. The Hall–Kier alpha value is -2.87. The fourth-order valence-corrected chi connectivity index (χ4v) is 2.10. The van der Waals surface area contributed by atoms with Crippen LogP contribution in [0.3, 0.4) is 0 Å². The van der Waals surface area contributed by atoms with Crippen molar-refractivity contribution in [3.63, 3.8) is 0 Å². The molecular formula is C19H24O8. The lowest BCUT2D eigenvalue weighted by Gasteiger charge is -2.26. The number of rotatable bonds is 9. The van der Waals surface area contributed by atoms with Gasteiger partial charge in [0.05, 0.1) is 6.61 Å². The fraction of sp³-hybridized carbons (Fsp3) is 0.421. The van der Waals surface area contributed by atoms with Crippen LogP contribution in [-0.2, 0) is 19.1 Å². The van der Waals surface area contributed by atoms with Gasteiger partial charge in [0.1, 0.15) is 30.1 Å². The highest BCUT2D eigenvalue weighted by molar-refractivity contribution is 5.77. The van der Waals surface area contributed by atoms with Crippen molar-refractivity contribution < 1.29 is 33.3 Å². The van der Waals surface area contributed by atoms with E-state index in [0.717, 1.165) is 5.39 Å². The van der Waals surface area contributed by atoms with E-state index in [2.05, 4.69) is 4.74 Å². The molecule has 0 aliphatic heterocycles. The van der Waals surface area contributed by atoms with Crippen molar-refractivity contribution in [2.24, 2.45) is 0 Å². The van der Waals surface area contributed by atoms with Gasteiger partial charge in [-0.1, -0.05) is 13.8 Å². The number of benzene rings is 1. The molecule has 0 fully saturated rings. The Kier molecular flexibility index (Phi) is 9.01. The van der Waals surface area contributed by atoms with Crippen LogP contribution in [0.2, 0.25) is 0 Å². The molecule has 2 rings (SSSR count). The third-order valence-corrected chi connectivity index (χ3v) is 3.39.